The molecule has 3 aliphatic rings. The van der Waals surface area contributed by atoms with E-state index in [0.29, 0.717) is 0 Å². The number of fused-ring (bicyclic) bond motifs is 2. The fourth-order valence-electron chi connectivity index (χ4n) is 4.51. The maximum atomic E-state index is 3.50. The molecule has 0 aromatic heterocycles. The van der Waals surface area contributed by atoms with E-state index in [1.807, 2.05) is 0 Å². The summed E-state index contributed by atoms with van der Waals surface area (Å²) in [5.41, 5.74) is 4.38. The van der Waals surface area contributed by atoms with Crippen molar-refractivity contribution in [3.8, 4) is 0 Å². The summed E-state index contributed by atoms with van der Waals surface area (Å²) in [4.78, 5) is 2.70. The van der Waals surface area contributed by atoms with Crippen molar-refractivity contribution in [2.45, 2.75) is 45.1 Å². The van der Waals surface area contributed by atoms with Gasteiger partial charge in [-0.15, -0.1) is 0 Å². The molecule has 2 aliphatic heterocycles. The Morgan fingerprint density at radius 3 is 2.95 bits per heavy atom. The van der Waals surface area contributed by atoms with Gasteiger partial charge in [0.1, 0.15) is 0 Å². The predicted molar refractivity (Wildman–Crippen MR) is 84.0 cm³/mol. The van der Waals surface area contributed by atoms with E-state index in [0.717, 1.165) is 24.9 Å². The van der Waals surface area contributed by atoms with E-state index in [1.165, 1.54) is 68.4 Å². The Labute approximate surface area is 122 Å². The fraction of sp³-hybridized carbons (Fsp3) is 0.667. The molecule has 1 saturated heterocycles. The molecule has 1 aromatic rings. The number of piperidine rings is 1. The van der Waals surface area contributed by atoms with Crippen LogP contribution in [0.4, 0.5) is 5.69 Å². The molecule has 4 rings (SSSR count). The number of hydrogen-bond acceptors (Lipinski definition) is 2. The molecule has 20 heavy (non-hydrogen) atoms. The molecule has 2 atom stereocenters. The van der Waals surface area contributed by atoms with Crippen LogP contribution in [0.5, 0.6) is 0 Å². The van der Waals surface area contributed by atoms with Crippen molar-refractivity contribution >= 4 is 5.69 Å². The number of rotatable bonds is 2. The molecule has 1 aliphatic carbocycles. The van der Waals surface area contributed by atoms with Crippen LogP contribution in [0.1, 0.15) is 43.2 Å². The SMILES string of the molecule is c1cc2c(cc1CN1CCC3CCCCC3C1)NCC2. The van der Waals surface area contributed by atoms with Crippen LogP contribution in [-0.2, 0) is 13.0 Å². The van der Waals surface area contributed by atoms with E-state index < -0.39 is 0 Å². The Balaban J connectivity index is 1.41. The molecular weight excluding hydrogens is 244 g/mol. The maximum Gasteiger partial charge on any atom is 0.0376 e. The summed E-state index contributed by atoms with van der Waals surface area (Å²) in [5, 5.41) is 3.50. The first-order valence-electron chi connectivity index (χ1n) is 8.46. The van der Waals surface area contributed by atoms with E-state index >= 15 is 0 Å². The highest BCUT2D eigenvalue weighted by Crippen LogP contribution is 2.36. The summed E-state index contributed by atoms with van der Waals surface area (Å²) in [7, 11) is 0. The third kappa shape index (κ3) is 2.46. The van der Waals surface area contributed by atoms with E-state index in [1.54, 1.807) is 0 Å². The third-order valence-electron chi connectivity index (χ3n) is 5.67. The van der Waals surface area contributed by atoms with Gasteiger partial charge in [-0.25, -0.2) is 0 Å². The largest absolute Gasteiger partial charge is 0.384 e. The molecule has 2 heteroatoms. The smallest absolute Gasteiger partial charge is 0.0376 e. The molecule has 0 bridgehead atoms. The zero-order valence-electron chi connectivity index (χ0n) is 12.4. The monoisotopic (exact) mass is 270 g/mol. The molecule has 2 nitrogen and oxygen atoms in total. The van der Waals surface area contributed by atoms with Gasteiger partial charge in [0.05, 0.1) is 0 Å². The summed E-state index contributed by atoms with van der Waals surface area (Å²) < 4.78 is 0. The lowest BCUT2D eigenvalue weighted by atomic mass is 9.75. The van der Waals surface area contributed by atoms with Gasteiger partial charge < -0.3 is 5.32 Å². The molecule has 2 heterocycles. The minimum absolute atomic E-state index is 0.991. The van der Waals surface area contributed by atoms with Gasteiger partial charge in [0.25, 0.3) is 0 Å². The van der Waals surface area contributed by atoms with Gasteiger partial charge >= 0.3 is 0 Å². The zero-order chi connectivity index (χ0) is 13.4. The van der Waals surface area contributed by atoms with Gasteiger partial charge in [-0.2, -0.15) is 0 Å². The highest BCUT2D eigenvalue weighted by Gasteiger charge is 2.30. The van der Waals surface area contributed by atoms with Crippen LogP contribution in [0.2, 0.25) is 0 Å². The Morgan fingerprint density at radius 2 is 2.00 bits per heavy atom. The van der Waals surface area contributed by atoms with Crippen molar-refractivity contribution in [1.82, 2.24) is 4.90 Å². The highest BCUT2D eigenvalue weighted by atomic mass is 15.1. The van der Waals surface area contributed by atoms with Crippen LogP contribution in [0.3, 0.4) is 0 Å². The molecule has 1 saturated carbocycles. The average molecular weight is 270 g/mol. The van der Waals surface area contributed by atoms with E-state index in [9.17, 15) is 0 Å². The lowest BCUT2D eigenvalue weighted by Gasteiger charge is -2.41. The molecule has 0 spiro atoms. The molecule has 108 valence electrons. The summed E-state index contributed by atoms with van der Waals surface area (Å²) in [6.07, 6.45) is 8.57. The van der Waals surface area contributed by atoms with Gasteiger partial charge in [0.2, 0.25) is 0 Å². The summed E-state index contributed by atoms with van der Waals surface area (Å²) >= 11 is 0. The fourth-order valence-corrected chi connectivity index (χ4v) is 4.51. The highest BCUT2D eigenvalue weighted by molar-refractivity contribution is 5.57. The molecule has 0 radical (unpaired) electrons. The van der Waals surface area contributed by atoms with E-state index in [-0.39, 0.29) is 0 Å². The quantitative estimate of drug-likeness (QED) is 0.882. The van der Waals surface area contributed by atoms with Gasteiger partial charge in [-0.3, -0.25) is 4.90 Å². The van der Waals surface area contributed by atoms with Gasteiger partial charge in [0.15, 0.2) is 0 Å². The summed E-state index contributed by atoms with van der Waals surface area (Å²) in [5.74, 6) is 2.03. The Hall–Kier alpha value is -1.02. The number of benzene rings is 1. The molecule has 1 aromatic carbocycles. The summed E-state index contributed by atoms with van der Waals surface area (Å²) in [6.45, 7) is 4.92. The van der Waals surface area contributed by atoms with Crippen LogP contribution in [0.25, 0.3) is 0 Å². The molecule has 1 N–H and O–H groups in total. The summed E-state index contributed by atoms with van der Waals surface area (Å²) in [6, 6.07) is 7.06. The lowest BCUT2D eigenvalue weighted by molar-refractivity contribution is 0.0821. The topological polar surface area (TPSA) is 15.3 Å². The van der Waals surface area contributed by atoms with Crippen LogP contribution >= 0.6 is 0 Å². The van der Waals surface area contributed by atoms with Crippen molar-refractivity contribution < 1.29 is 0 Å². The minimum Gasteiger partial charge on any atom is -0.384 e. The predicted octanol–water partition coefficient (Wildman–Crippen LogP) is 3.67. The lowest BCUT2D eigenvalue weighted by Crippen LogP contribution is -2.41. The second-order valence-corrected chi connectivity index (χ2v) is 7.00. The van der Waals surface area contributed by atoms with E-state index in [2.05, 4.69) is 28.4 Å². The number of nitrogens with zero attached hydrogens (tertiary/aromatic N) is 1. The standard InChI is InChI=1S/C18H26N2/c1-2-4-17-13-20(10-8-15(17)3-1)12-14-5-6-16-7-9-19-18(16)11-14/h5-6,11,15,17,19H,1-4,7-10,12-13H2. The first-order valence-corrected chi connectivity index (χ1v) is 8.46. The Kier molecular flexibility index (Phi) is 3.43. The van der Waals surface area contributed by atoms with Crippen LogP contribution < -0.4 is 5.32 Å². The number of hydrogen-bond donors (Lipinski definition) is 1. The Morgan fingerprint density at radius 1 is 1.10 bits per heavy atom. The Bertz CT molecular complexity index is 482. The second kappa shape index (κ2) is 5.40. The third-order valence-corrected chi connectivity index (χ3v) is 5.67. The van der Waals surface area contributed by atoms with E-state index in [4.69, 9.17) is 0 Å². The normalized spacial score (nSPS) is 29.6. The zero-order valence-corrected chi connectivity index (χ0v) is 12.4. The van der Waals surface area contributed by atoms with Crippen molar-refractivity contribution in [1.29, 1.82) is 0 Å². The molecule has 2 fully saturated rings. The number of nitrogens with one attached hydrogen (secondary N) is 1. The van der Waals surface area contributed by atoms with Crippen molar-refractivity contribution in [3.05, 3.63) is 29.3 Å². The second-order valence-electron chi connectivity index (χ2n) is 7.00. The number of anilines is 1. The van der Waals surface area contributed by atoms with Crippen molar-refractivity contribution in [3.63, 3.8) is 0 Å². The van der Waals surface area contributed by atoms with Gasteiger partial charge in [-0.1, -0.05) is 31.4 Å². The number of likely N-dealkylation sites (tertiary alicyclic amines) is 1. The minimum atomic E-state index is 0.991. The van der Waals surface area contributed by atoms with Gasteiger partial charge in [0, 0.05) is 25.3 Å². The first kappa shape index (κ1) is 12.7. The van der Waals surface area contributed by atoms with Crippen LogP contribution in [0, 0.1) is 11.8 Å². The van der Waals surface area contributed by atoms with Crippen LogP contribution in [-0.4, -0.2) is 24.5 Å². The van der Waals surface area contributed by atoms with Gasteiger partial charge in [-0.05, 0) is 54.8 Å². The average Bonchev–Trinajstić information content (AvgIpc) is 2.95. The van der Waals surface area contributed by atoms with Crippen LogP contribution in [0.15, 0.2) is 18.2 Å². The van der Waals surface area contributed by atoms with Crippen molar-refractivity contribution in [2.24, 2.45) is 11.8 Å². The molecular formula is C18H26N2. The molecule has 0 amide bonds. The van der Waals surface area contributed by atoms with Crippen molar-refractivity contribution in [2.75, 3.05) is 25.0 Å². The maximum absolute atomic E-state index is 3.50. The first-order chi connectivity index (χ1) is 9.88. The molecule has 2 unspecified atom stereocenters.